The molecule has 1 aromatic carbocycles. The SMILES string of the molecule is Cc1nc(N(C)C)nc(C)c1NS(=O)(=O)c1ccc2c(c1)CCCC2. The van der Waals surface area contributed by atoms with E-state index in [-0.39, 0.29) is 0 Å². The van der Waals surface area contributed by atoms with Gasteiger partial charge in [-0.05, 0) is 62.8 Å². The second-order valence-electron chi connectivity index (χ2n) is 6.71. The molecule has 1 aliphatic rings. The molecule has 0 bridgehead atoms. The number of hydrogen-bond acceptors (Lipinski definition) is 5. The first-order chi connectivity index (χ1) is 11.8. The van der Waals surface area contributed by atoms with E-state index in [2.05, 4.69) is 14.7 Å². The first kappa shape index (κ1) is 17.7. The van der Waals surface area contributed by atoms with Crippen LogP contribution in [0.3, 0.4) is 0 Å². The summed E-state index contributed by atoms with van der Waals surface area (Å²) in [5.74, 6) is 0.562. The molecular formula is C18H24N4O2S. The topological polar surface area (TPSA) is 75.2 Å². The van der Waals surface area contributed by atoms with Crippen molar-refractivity contribution in [1.82, 2.24) is 9.97 Å². The highest BCUT2D eigenvalue weighted by molar-refractivity contribution is 7.92. The van der Waals surface area contributed by atoms with Gasteiger partial charge in [-0.25, -0.2) is 18.4 Å². The summed E-state index contributed by atoms with van der Waals surface area (Å²) in [6.45, 7) is 3.57. The first-order valence-corrected chi connectivity index (χ1v) is 9.93. The molecule has 0 saturated heterocycles. The highest BCUT2D eigenvalue weighted by atomic mass is 32.2. The van der Waals surface area contributed by atoms with Gasteiger partial charge in [0.05, 0.1) is 22.0 Å². The smallest absolute Gasteiger partial charge is 0.262 e. The summed E-state index contributed by atoms with van der Waals surface area (Å²) in [5, 5.41) is 0. The maximum absolute atomic E-state index is 12.8. The number of fused-ring (bicyclic) bond motifs is 1. The molecule has 1 N–H and O–H groups in total. The number of sulfonamides is 1. The Bertz CT molecular complexity index is 884. The normalized spacial score (nSPS) is 14.1. The van der Waals surface area contributed by atoms with E-state index in [1.54, 1.807) is 30.9 Å². The lowest BCUT2D eigenvalue weighted by atomic mass is 9.92. The zero-order chi connectivity index (χ0) is 18.2. The highest BCUT2D eigenvalue weighted by Crippen LogP contribution is 2.27. The lowest BCUT2D eigenvalue weighted by Crippen LogP contribution is -2.19. The summed E-state index contributed by atoms with van der Waals surface area (Å²) >= 11 is 0. The Morgan fingerprint density at radius 2 is 1.60 bits per heavy atom. The minimum Gasteiger partial charge on any atom is -0.347 e. The molecule has 134 valence electrons. The third-order valence-corrected chi connectivity index (χ3v) is 5.87. The molecule has 0 aliphatic heterocycles. The predicted octanol–water partition coefficient (Wildman–Crippen LogP) is 2.84. The Balaban J connectivity index is 1.94. The molecule has 0 unspecified atom stereocenters. The van der Waals surface area contributed by atoms with Crippen molar-refractivity contribution in [2.24, 2.45) is 0 Å². The van der Waals surface area contributed by atoms with Gasteiger partial charge in [0.15, 0.2) is 0 Å². The average molecular weight is 360 g/mol. The van der Waals surface area contributed by atoms with Gasteiger partial charge in [0.2, 0.25) is 5.95 Å². The lowest BCUT2D eigenvalue weighted by Gasteiger charge is -2.18. The van der Waals surface area contributed by atoms with Crippen LogP contribution in [-0.2, 0) is 22.9 Å². The number of nitrogens with zero attached hydrogens (tertiary/aromatic N) is 3. The summed E-state index contributed by atoms with van der Waals surface area (Å²) in [7, 11) is 0.0362. The van der Waals surface area contributed by atoms with Crippen LogP contribution in [0.2, 0.25) is 0 Å². The molecule has 0 radical (unpaired) electrons. The van der Waals surface area contributed by atoms with Gasteiger partial charge in [0, 0.05) is 14.1 Å². The summed E-state index contributed by atoms with van der Waals surface area (Å²) in [6, 6.07) is 5.43. The van der Waals surface area contributed by atoms with E-state index < -0.39 is 10.0 Å². The fourth-order valence-electron chi connectivity index (χ4n) is 3.12. The Kier molecular flexibility index (Phi) is 4.69. The number of anilines is 2. The molecule has 1 heterocycles. The van der Waals surface area contributed by atoms with Crippen LogP contribution in [0.25, 0.3) is 0 Å². The van der Waals surface area contributed by atoms with Gasteiger partial charge in [-0.1, -0.05) is 6.07 Å². The molecule has 0 spiro atoms. The fraction of sp³-hybridized carbons (Fsp3) is 0.444. The first-order valence-electron chi connectivity index (χ1n) is 8.45. The second kappa shape index (κ2) is 6.63. The van der Waals surface area contributed by atoms with Crippen molar-refractivity contribution < 1.29 is 8.42 Å². The van der Waals surface area contributed by atoms with E-state index in [1.165, 1.54) is 12.0 Å². The summed E-state index contributed by atoms with van der Waals surface area (Å²) < 4.78 is 28.3. The van der Waals surface area contributed by atoms with E-state index in [0.717, 1.165) is 24.8 Å². The molecule has 25 heavy (non-hydrogen) atoms. The molecular weight excluding hydrogens is 336 g/mol. The maximum atomic E-state index is 12.8. The van der Waals surface area contributed by atoms with Crippen molar-refractivity contribution in [3.63, 3.8) is 0 Å². The van der Waals surface area contributed by atoms with Crippen LogP contribution in [0.1, 0.15) is 35.4 Å². The van der Waals surface area contributed by atoms with E-state index in [1.807, 2.05) is 20.2 Å². The van der Waals surface area contributed by atoms with Crippen LogP contribution in [0, 0.1) is 13.8 Å². The Morgan fingerprint density at radius 3 is 2.20 bits per heavy atom. The average Bonchev–Trinajstić information content (AvgIpc) is 2.57. The van der Waals surface area contributed by atoms with Crippen LogP contribution in [0.4, 0.5) is 11.6 Å². The van der Waals surface area contributed by atoms with Crippen LogP contribution < -0.4 is 9.62 Å². The molecule has 6 nitrogen and oxygen atoms in total. The van der Waals surface area contributed by atoms with Crippen molar-refractivity contribution in [3.05, 3.63) is 40.7 Å². The zero-order valence-electron chi connectivity index (χ0n) is 15.1. The monoisotopic (exact) mass is 360 g/mol. The number of hydrogen-bond donors (Lipinski definition) is 1. The van der Waals surface area contributed by atoms with E-state index in [4.69, 9.17) is 0 Å². The number of aromatic nitrogens is 2. The molecule has 2 aromatic rings. The van der Waals surface area contributed by atoms with Crippen molar-refractivity contribution >= 4 is 21.7 Å². The van der Waals surface area contributed by atoms with Crippen LogP contribution in [-0.4, -0.2) is 32.5 Å². The molecule has 0 atom stereocenters. The molecule has 0 amide bonds. The van der Waals surface area contributed by atoms with Gasteiger partial charge < -0.3 is 4.90 Å². The summed E-state index contributed by atoms with van der Waals surface area (Å²) in [5.41, 5.74) is 4.07. The van der Waals surface area contributed by atoms with Crippen molar-refractivity contribution in [1.29, 1.82) is 0 Å². The Hall–Kier alpha value is -2.15. The lowest BCUT2D eigenvalue weighted by molar-refractivity contribution is 0.600. The third kappa shape index (κ3) is 3.61. The van der Waals surface area contributed by atoms with Gasteiger partial charge >= 0.3 is 0 Å². The van der Waals surface area contributed by atoms with Crippen LogP contribution in [0.15, 0.2) is 23.1 Å². The van der Waals surface area contributed by atoms with Crippen LogP contribution >= 0.6 is 0 Å². The second-order valence-corrected chi connectivity index (χ2v) is 8.39. The summed E-state index contributed by atoms with van der Waals surface area (Å²) in [4.78, 5) is 10.8. The minimum absolute atomic E-state index is 0.295. The van der Waals surface area contributed by atoms with E-state index in [0.29, 0.717) is 27.9 Å². The van der Waals surface area contributed by atoms with Gasteiger partial charge in [-0.3, -0.25) is 4.72 Å². The minimum atomic E-state index is -3.67. The molecule has 7 heteroatoms. The molecule has 1 aromatic heterocycles. The largest absolute Gasteiger partial charge is 0.347 e. The Morgan fingerprint density at radius 1 is 1.00 bits per heavy atom. The number of rotatable bonds is 4. The van der Waals surface area contributed by atoms with Crippen molar-refractivity contribution in [2.75, 3.05) is 23.7 Å². The molecule has 0 saturated carbocycles. The standard InChI is InChI=1S/C18H24N4O2S/c1-12-17(13(2)20-18(19-12)22(3)4)21-25(23,24)16-10-9-14-7-5-6-8-15(14)11-16/h9-11,21H,5-8H2,1-4H3. The fourth-order valence-corrected chi connectivity index (χ4v) is 4.34. The van der Waals surface area contributed by atoms with E-state index in [9.17, 15) is 8.42 Å². The number of nitrogens with one attached hydrogen (secondary N) is 1. The van der Waals surface area contributed by atoms with E-state index >= 15 is 0 Å². The third-order valence-electron chi connectivity index (χ3n) is 4.53. The van der Waals surface area contributed by atoms with Gasteiger partial charge in [-0.15, -0.1) is 0 Å². The van der Waals surface area contributed by atoms with Gasteiger partial charge in [0.1, 0.15) is 0 Å². The molecule has 1 aliphatic carbocycles. The Labute approximate surface area is 149 Å². The predicted molar refractivity (Wildman–Crippen MR) is 99.7 cm³/mol. The zero-order valence-corrected chi connectivity index (χ0v) is 15.9. The quantitative estimate of drug-likeness (QED) is 0.907. The maximum Gasteiger partial charge on any atom is 0.262 e. The number of benzene rings is 1. The van der Waals surface area contributed by atoms with Crippen molar-refractivity contribution in [3.8, 4) is 0 Å². The highest BCUT2D eigenvalue weighted by Gasteiger charge is 2.21. The van der Waals surface area contributed by atoms with Crippen molar-refractivity contribution in [2.45, 2.75) is 44.4 Å². The number of aryl methyl sites for hydroxylation is 4. The van der Waals surface area contributed by atoms with Gasteiger partial charge in [-0.2, -0.15) is 0 Å². The summed E-state index contributed by atoms with van der Waals surface area (Å²) in [6.07, 6.45) is 4.26. The van der Waals surface area contributed by atoms with Crippen LogP contribution in [0.5, 0.6) is 0 Å². The molecule has 0 fully saturated rings. The molecule has 3 rings (SSSR count). The van der Waals surface area contributed by atoms with Gasteiger partial charge in [0.25, 0.3) is 10.0 Å².